The summed E-state index contributed by atoms with van der Waals surface area (Å²) >= 11 is 1.69. The molecule has 4 aromatic rings. The monoisotopic (exact) mass is 379 g/mol. The van der Waals surface area contributed by atoms with Crippen LogP contribution in [0.25, 0.3) is 16.6 Å². The van der Waals surface area contributed by atoms with E-state index in [1.54, 1.807) is 21.9 Å². The summed E-state index contributed by atoms with van der Waals surface area (Å²) in [6.45, 7) is 1.90. The quantitative estimate of drug-likeness (QED) is 0.529. The van der Waals surface area contributed by atoms with Gasteiger partial charge in [0.25, 0.3) is 0 Å². The minimum Gasteiger partial charge on any atom is -0.288 e. The van der Waals surface area contributed by atoms with E-state index in [1.807, 2.05) is 36.0 Å². The lowest BCUT2D eigenvalue weighted by Gasteiger charge is -2.21. The number of likely N-dealkylation sites (tertiary alicyclic amines) is 1. The van der Waals surface area contributed by atoms with Gasteiger partial charge in [-0.1, -0.05) is 23.4 Å². The average Bonchev–Trinajstić information content (AvgIpc) is 3.42. The Labute approximate surface area is 160 Å². The Morgan fingerprint density at radius 3 is 3.00 bits per heavy atom. The Balaban J connectivity index is 1.47. The van der Waals surface area contributed by atoms with E-state index in [0.717, 1.165) is 53.3 Å². The summed E-state index contributed by atoms with van der Waals surface area (Å²) in [7, 11) is 0. The maximum atomic E-state index is 13.5. The molecule has 1 aliphatic heterocycles. The van der Waals surface area contributed by atoms with Gasteiger partial charge in [-0.15, -0.1) is 16.4 Å². The Morgan fingerprint density at radius 2 is 2.15 bits per heavy atom. The van der Waals surface area contributed by atoms with Crippen molar-refractivity contribution in [1.29, 1.82) is 0 Å². The largest absolute Gasteiger partial charge is 0.288 e. The molecule has 0 N–H and O–H groups in total. The van der Waals surface area contributed by atoms with Crippen molar-refractivity contribution >= 4 is 16.9 Å². The number of thiazole rings is 1. The van der Waals surface area contributed by atoms with Gasteiger partial charge >= 0.3 is 0 Å². The van der Waals surface area contributed by atoms with E-state index in [0.29, 0.717) is 0 Å². The zero-order valence-electron chi connectivity index (χ0n) is 14.6. The van der Waals surface area contributed by atoms with E-state index in [2.05, 4.69) is 20.2 Å². The van der Waals surface area contributed by atoms with Crippen molar-refractivity contribution in [2.24, 2.45) is 0 Å². The maximum Gasteiger partial charge on any atom is 0.123 e. The number of hydrogen-bond donors (Lipinski definition) is 0. The molecule has 0 bridgehead atoms. The van der Waals surface area contributed by atoms with Crippen LogP contribution in [0, 0.1) is 5.82 Å². The topological polar surface area (TPSA) is 46.3 Å². The van der Waals surface area contributed by atoms with Crippen molar-refractivity contribution in [3.63, 3.8) is 0 Å². The zero-order chi connectivity index (χ0) is 18.2. The fraction of sp³-hybridized carbons (Fsp3) is 0.250. The molecule has 4 heterocycles. The fourth-order valence-electron chi connectivity index (χ4n) is 3.82. The van der Waals surface area contributed by atoms with E-state index in [-0.39, 0.29) is 11.9 Å². The van der Waals surface area contributed by atoms with Crippen molar-refractivity contribution in [1.82, 2.24) is 24.7 Å². The molecule has 5 rings (SSSR count). The molecule has 1 atom stereocenters. The molecule has 0 aliphatic carbocycles. The first-order chi connectivity index (χ1) is 13.3. The Hall–Kier alpha value is -2.64. The summed E-state index contributed by atoms with van der Waals surface area (Å²) in [6, 6.07) is 10.9. The number of nitrogens with zero attached hydrogens (tertiary/aromatic N) is 5. The summed E-state index contributed by atoms with van der Waals surface area (Å²) in [6.07, 6.45) is 6.00. The molecule has 1 unspecified atom stereocenters. The summed E-state index contributed by atoms with van der Waals surface area (Å²) in [5, 5.41) is 12.0. The van der Waals surface area contributed by atoms with Gasteiger partial charge in [0.1, 0.15) is 16.5 Å². The number of benzene rings is 1. The Kier molecular flexibility index (Phi) is 4.18. The van der Waals surface area contributed by atoms with Crippen LogP contribution in [0.1, 0.15) is 29.6 Å². The molecule has 3 aromatic heterocycles. The number of pyridine rings is 1. The molecule has 1 saturated heterocycles. The van der Waals surface area contributed by atoms with Crippen LogP contribution in [0.4, 0.5) is 4.39 Å². The highest BCUT2D eigenvalue weighted by Gasteiger charge is 2.30. The molecule has 27 heavy (non-hydrogen) atoms. The third-order valence-electron chi connectivity index (χ3n) is 5.10. The summed E-state index contributed by atoms with van der Waals surface area (Å²) < 4.78 is 15.3. The zero-order valence-corrected chi connectivity index (χ0v) is 15.4. The fourth-order valence-corrected chi connectivity index (χ4v) is 4.46. The molecule has 0 spiro atoms. The van der Waals surface area contributed by atoms with Crippen molar-refractivity contribution < 1.29 is 4.39 Å². The minimum atomic E-state index is -0.240. The van der Waals surface area contributed by atoms with Gasteiger partial charge in [0, 0.05) is 23.3 Å². The van der Waals surface area contributed by atoms with E-state index in [1.165, 1.54) is 12.1 Å². The van der Waals surface area contributed by atoms with Gasteiger partial charge in [0.15, 0.2) is 0 Å². The number of halogens is 1. The minimum absolute atomic E-state index is 0.240. The van der Waals surface area contributed by atoms with Crippen LogP contribution in [0.3, 0.4) is 0 Å². The lowest BCUT2D eigenvalue weighted by Crippen LogP contribution is -2.23. The first kappa shape index (κ1) is 16.5. The van der Waals surface area contributed by atoms with Gasteiger partial charge in [-0.05, 0) is 43.1 Å². The second-order valence-electron chi connectivity index (χ2n) is 6.79. The van der Waals surface area contributed by atoms with Gasteiger partial charge < -0.3 is 0 Å². The van der Waals surface area contributed by atoms with E-state index < -0.39 is 0 Å². The van der Waals surface area contributed by atoms with E-state index >= 15 is 0 Å². The Bertz CT molecular complexity index is 1080. The van der Waals surface area contributed by atoms with Gasteiger partial charge in [-0.25, -0.2) is 13.9 Å². The first-order valence-electron chi connectivity index (χ1n) is 9.01. The molecule has 7 heteroatoms. The van der Waals surface area contributed by atoms with Gasteiger partial charge in [0.2, 0.25) is 0 Å². The normalized spacial score (nSPS) is 17.7. The van der Waals surface area contributed by atoms with Gasteiger partial charge in [-0.2, -0.15) is 0 Å². The molecule has 1 aromatic carbocycles. The van der Waals surface area contributed by atoms with Crippen LogP contribution < -0.4 is 0 Å². The van der Waals surface area contributed by atoms with Crippen LogP contribution in [-0.2, 0) is 6.54 Å². The molecular weight excluding hydrogens is 361 g/mol. The number of aromatic nitrogens is 4. The van der Waals surface area contributed by atoms with E-state index in [4.69, 9.17) is 0 Å². The van der Waals surface area contributed by atoms with Crippen molar-refractivity contribution in [3.8, 4) is 11.1 Å². The second-order valence-corrected chi connectivity index (χ2v) is 7.77. The highest BCUT2D eigenvalue weighted by atomic mass is 32.1. The average molecular weight is 379 g/mol. The SMILES string of the molecule is Fc1cccc(-c2ccc3c(C4CCCN4Cc4nccs4)nnn3c2)c1. The first-order valence-corrected chi connectivity index (χ1v) is 9.89. The van der Waals surface area contributed by atoms with Crippen molar-refractivity contribution in [3.05, 3.63) is 70.7 Å². The molecule has 1 fully saturated rings. The van der Waals surface area contributed by atoms with Crippen LogP contribution in [0.2, 0.25) is 0 Å². The summed E-state index contributed by atoms with van der Waals surface area (Å²) in [5.41, 5.74) is 3.77. The van der Waals surface area contributed by atoms with Crippen LogP contribution in [0.5, 0.6) is 0 Å². The van der Waals surface area contributed by atoms with Gasteiger partial charge in [-0.3, -0.25) is 4.90 Å². The third-order valence-corrected chi connectivity index (χ3v) is 5.86. The number of fused-ring (bicyclic) bond motifs is 1. The molecule has 5 nitrogen and oxygen atoms in total. The lowest BCUT2D eigenvalue weighted by atomic mass is 10.1. The van der Waals surface area contributed by atoms with Crippen LogP contribution in [-0.4, -0.2) is 31.3 Å². The lowest BCUT2D eigenvalue weighted by molar-refractivity contribution is 0.245. The van der Waals surface area contributed by atoms with Crippen molar-refractivity contribution in [2.75, 3.05) is 6.54 Å². The molecule has 0 radical (unpaired) electrons. The smallest absolute Gasteiger partial charge is 0.123 e. The molecular formula is C20H18FN5S. The van der Waals surface area contributed by atoms with Crippen LogP contribution >= 0.6 is 11.3 Å². The third kappa shape index (κ3) is 3.13. The maximum absolute atomic E-state index is 13.5. The molecule has 0 amide bonds. The molecule has 136 valence electrons. The number of rotatable bonds is 4. The summed E-state index contributed by atoms with van der Waals surface area (Å²) in [5.74, 6) is -0.240. The second kappa shape index (κ2) is 6.83. The van der Waals surface area contributed by atoms with Crippen molar-refractivity contribution in [2.45, 2.75) is 25.4 Å². The highest BCUT2D eigenvalue weighted by Crippen LogP contribution is 2.34. The number of hydrogen-bond acceptors (Lipinski definition) is 5. The van der Waals surface area contributed by atoms with Gasteiger partial charge in [0.05, 0.1) is 18.1 Å². The summed E-state index contributed by atoms with van der Waals surface area (Å²) in [4.78, 5) is 6.85. The predicted octanol–water partition coefficient (Wildman–Crippen LogP) is 4.33. The van der Waals surface area contributed by atoms with Crippen LogP contribution in [0.15, 0.2) is 54.2 Å². The Morgan fingerprint density at radius 1 is 1.19 bits per heavy atom. The predicted molar refractivity (Wildman–Crippen MR) is 103 cm³/mol. The highest BCUT2D eigenvalue weighted by molar-refractivity contribution is 7.09. The molecule has 0 saturated carbocycles. The molecule has 1 aliphatic rings. The van der Waals surface area contributed by atoms with E-state index in [9.17, 15) is 4.39 Å². The standard InChI is InChI=1S/C20H18FN5S/c21-16-4-1-3-14(11-16)15-6-7-18-20(23-24-26(18)12-15)17-5-2-9-25(17)13-19-22-8-10-27-19/h1,3-4,6-8,10-12,17H,2,5,9,13H2.